The van der Waals surface area contributed by atoms with Crippen molar-refractivity contribution in [3.63, 3.8) is 0 Å². The summed E-state index contributed by atoms with van der Waals surface area (Å²) in [5.74, 6) is 0. The topological polar surface area (TPSA) is 26.0 Å². The van der Waals surface area contributed by atoms with E-state index in [1.165, 1.54) is 11.1 Å². The molecule has 2 N–H and O–H groups in total. The fourth-order valence-electron chi connectivity index (χ4n) is 1.62. The number of fused-ring (bicyclic) bond motifs is 1. The molecule has 0 unspecified atom stereocenters. The van der Waals surface area contributed by atoms with Crippen molar-refractivity contribution < 1.29 is 0 Å². The maximum Gasteiger partial charge on any atom is 0.0178 e. The van der Waals surface area contributed by atoms with E-state index in [0.29, 0.717) is 6.04 Å². The number of halogens is 2. The highest BCUT2D eigenvalue weighted by molar-refractivity contribution is 9.10. The average Bonchev–Trinajstić information content (AvgIpc) is 2.27. The summed E-state index contributed by atoms with van der Waals surface area (Å²) in [6.45, 7) is 0. The van der Waals surface area contributed by atoms with Gasteiger partial charge in [-0.1, -0.05) is 22.0 Å². The Hall–Kier alpha value is -0.0500. The largest absolute Gasteiger partial charge is 0.327 e. The molecule has 12 heavy (non-hydrogen) atoms. The molecule has 0 spiro atoms. The predicted molar refractivity (Wildman–Crippen MR) is 56.8 cm³/mol. The van der Waals surface area contributed by atoms with Gasteiger partial charge < -0.3 is 5.73 Å². The van der Waals surface area contributed by atoms with E-state index < -0.39 is 0 Å². The third kappa shape index (κ3) is 1.82. The van der Waals surface area contributed by atoms with E-state index in [0.717, 1.165) is 17.3 Å². The normalized spacial score (nSPS) is 20.0. The summed E-state index contributed by atoms with van der Waals surface area (Å²) >= 11 is 3.44. The lowest BCUT2D eigenvalue weighted by Gasteiger charge is -1.96. The Bertz CT molecular complexity index is 288. The molecule has 2 rings (SSSR count). The van der Waals surface area contributed by atoms with Crippen molar-refractivity contribution in [2.45, 2.75) is 18.9 Å². The number of benzene rings is 1. The second-order valence-corrected chi connectivity index (χ2v) is 4.00. The molecular formula is C9H11BrClN. The Morgan fingerprint density at radius 2 is 1.92 bits per heavy atom. The Labute approximate surface area is 86.9 Å². The fourth-order valence-corrected chi connectivity index (χ4v) is 2.03. The smallest absolute Gasteiger partial charge is 0.0178 e. The molecule has 0 heterocycles. The molecule has 1 nitrogen and oxygen atoms in total. The van der Waals surface area contributed by atoms with Gasteiger partial charge in [0.15, 0.2) is 0 Å². The molecule has 1 aromatic carbocycles. The van der Waals surface area contributed by atoms with Crippen LogP contribution in [0.25, 0.3) is 0 Å². The minimum absolute atomic E-state index is 0. The van der Waals surface area contributed by atoms with Crippen molar-refractivity contribution in [1.82, 2.24) is 0 Å². The van der Waals surface area contributed by atoms with E-state index in [2.05, 4.69) is 34.1 Å². The van der Waals surface area contributed by atoms with E-state index in [1.807, 2.05) is 0 Å². The SMILES string of the molecule is Cl.N[C@H]1Cc2ccc(Br)cc2C1. The highest BCUT2D eigenvalue weighted by atomic mass is 79.9. The van der Waals surface area contributed by atoms with Crippen LogP contribution in [0.4, 0.5) is 0 Å². The molecule has 1 aromatic rings. The van der Waals surface area contributed by atoms with Gasteiger partial charge in [-0.15, -0.1) is 12.4 Å². The van der Waals surface area contributed by atoms with E-state index in [4.69, 9.17) is 5.73 Å². The molecule has 0 amide bonds. The molecule has 0 aromatic heterocycles. The Morgan fingerprint density at radius 1 is 1.25 bits per heavy atom. The Kier molecular flexibility index (Phi) is 3.16. The van der Waals surface area contributed by atoms with Gasteiger partial charge in [-0.05, 0) is 36.1 Å². The average molecular weight is 249 g/mol. The van der Waals surface area contributed by atoms with Crippen molar-refractivity contribution in [3.05, 3.63) is 33.8 Å². The third-order valence-electron chi connectivity index (χ3n) is 2.13. The maximum absolute atomic E-state index is 5.82. The molecule has 1 aliphatic rings. The number of hydrogen-bond acceptors (Lipinski definition) is 1. The molecule has 0 saturated heterocycles. The molecule has 1 aliphatic carbocycles. The second kappa shape index (κ2) is 3.77. The molecule has 3 heteroatoms. The standard InChI is InChI=1S/C9H10BrN.ClH/c10-8-2-1-6-4-9(11)5-7(6)3-8;/h1-3,9H,4-5,11H2;1H/t9-;/m0./s1. The van der Waals surface area contributed by atoms with Gasteiger partial charge >= 0.3 is 0 Å². The van der Waals surface area contributed by atoms with Crippen molar-refractivity contribution >= 4 is 28.3 Å². The van der Waals surface area contributed by atoms with Crippen LogP contribution in [0, 0.1) is 0 Å². The zero-order chi connectivity index (χ0) is 7.84. The zero-order valence-corrected chi connectivity index (χ0v) is 8.99. The molecule has 0 saturated carbocycles. The monoisotopic (exact) mass is 247 g/mol. The van der Waals surface area contributed by atoms with Gasteiger partial charge in [0.1, 0.15) is 0 Å². The minimum Gasteiger partial charge on any atom is -0.327 e. The number of rotatable bonds is 0. The predicted octanol–water partition coefficient (Wildman–Crippen LogP) is 2.30. The molecule has 0 bridgehead atoms. The lowest BCUT2D eigenvalue weighted by Crippen LogP contribution is -2.18. The summed E-state index contributed by atoms with van der Waals surface area (Å²) in [5, 5.41) is 0. The van der Waals surface area contributed by atoms with Gasteiger partial charge in [0.05, 0.1) is 0 Å². The first-order chi connectivity index (χ1) is 5.25. The summed E-state index contributed by atoms with van der Waals surface area (Å²) in [5.41, 5.74) is 8.65. The molecular weight excluding hydrogens is 237 g/mol. The summed E-state index contributed by atoms with van der Waals surface area (Å²) in [6, 6.07) is 6.75. The van der Waals surface area contributed by atoms with Crippen molar-refractivity contribution in [2.75, 3.05) is 0 Å². The van der Waals surface area contributed by atoms with Crippen LogP contribution in [0.15, 0.2) is 22.7 Å². The Balaban J connectivity index is 0.000000720. The van der Waals surface area contributed by atoms with Crippen LogP contribution in [-0.4, -0.2) is 6.04 Å². The van der Waals surface area contributed by atoms with Gasteiger partial charge in [0, 0.05) is 10.5 Å². The summed E-state index contributed by atoms with van der Waals surface area (Å²) in [7, 11) is 0. The van der Waals surface area contributed by atoms with E-state index in [-0.39, 0.29) is 12.4 Å². The van der Waals surface area contributed by atoms with Gasteiger partial charge in [0.2, 0.25) is 0 Å². The van der Waals surface area contributed by atoms with Crippen molar-refractivity contribution in [1.29, 1.82) is 0 Å². The minimum atomic E-state index is 0. The highest BCUT2D eigenvalue weighted by Crippen LogP contribution is 2.24. The summed E-state index contributed by atoms with van der Waals surface area (Å²) in [6.07, 6.45) is 2.08. The fraction of sp³-hybridized carbons (Fsp3) is 0.333. The lowest BCUT2D eigenvalue weighted by molar-refractivity contribution is 0.721. The van der Waals surface area contributed by atoms with Crippen LogP contribution in [0.3, 0.4) is 0 Å². The lowest BCUT2D eigenvalue weighted by atomic mass is 10.1. The number of hydrogen-bond donors (Lipinski definition) is 1. The quantitative estimate of drug-likeness (QED) is 0.749. The first kappa shape index (κ1) is 10.0. The first-order valence-electron chi connectivity index (χ1n) is 3.78. The van der Waals surface area contributed by atoms with Crippen molar-refractivity contribution in [3.8, 4) is 0 Å². The first-order valence-corrected chi connectivity index (χ1v) is 4.58. The van der Waals surface area contributed by atoms with Crippen LogP contribution in [-0.2, 0) is 12.8 Å². The molecule has 0 aliphatic heterocycles. The van der Waals surface area contributed by atoms with Crippen LogP contribution in [0.5, 0.6) is 0 Å². The zero-order valence-electron chi connectivity index (χ0n) is 6.59. The van der Waals surface area contributed by atoms with Crippen LogP contribution < -0.4 is 5.73 Å². The molecule has 66 valence electrons. The molecule has 0 fully saturated rings. The maximum atomic E-state index is 5.82. The van der Waals surface area contributed by atoms with Gasteiger partial charge in [0.25, 0.3) is 0 Å². The van der Waals surface area contributed by atoms with Gasteiger partial charge in [-0.25, -0.2) is 0 Å². The highest BCUT2D eigenvalue weighted by Gasteiger charge is 2.17. The van der Waals surface area contributed by atoms with Gasteiger partial charge in [-0.2, -0.15) is 0 Å². The van der Waals surface area contributed by atoms with E-state index in [1.54, 1.807) is 0 Å². The van der Waals surface area contributed by atoms with Gasteiger partial charge in [-0.3, -0.25) is 0 Å². The summed E-state index contributed by atoms with van der Waals surface area (Å²) < 4.78 is 1.16. The van der Waals surface area contributed by atoms with Crippen LogP contribution >= 0.6 is 28.3 Å². The number of nitrogens with two attached hydrogens (primary N) is 1. The van der Waals surface area contributed by atoms with Crippen LogP contribution in [0.1, 0.15) is 11.1 Å². The summed E-state index contributed by atoms with van der Waals surface area (Å²) in [4.78, 5) is 0. The second-order valence-electron chi connectivity index (χ2n) is 3.08. The molecule has 1 atom stereocenters. The van der Waals surface area contributed by atoms with E-state index in [9.17, 15) is 0 Å². The molecule has 0 radical (unpaired) electrons. The van der Waals surface area contributed by atoms with Crippen LogP contribution in [0.2, 0.25) is 0 Å². The third-order valence-corrected chi connectivity index (χ3v) is 2.63. The van der Waals surface area contributed by atoms with E-state index >= 15 is 0 Å². The van der Waals surface area contributed by atoms with Crippen molar-refractivity contribution in [2.24, 2.45) is 5.73 Å². The Morgan fingerprint density at radius 3 is 2.67 bits per heavy atom.